The van der Waals surface area contributed by atoms with Crippen LogP contribution >= 0.6 is 0 Å². The Morgan fingerprint density at radius 3 is 2.88 bits per heavy atom. The van der Waals surface area contributed by atoms with Crippen molar-refractivity contribution in [2.75, 3.05) is 47.1 Å². The Balaban J connectivity index is 1.73. The van der Waals surface area contributed by atoms with Gasteiger partial charge in [-0.15, -0.1) is 0 Å². The van der Waals surface area contributed by atoms with E-state index in [0.29, 0.717) is 32.9 Å². The third-order valence-electron chi connectivity index (χ3n) is 4.14. The zero-order valence-electron chi connectivity index (χ0n) is 15.6. The molecule has 6 heteroatoms. The fourth-order valence-electron chi connectivity index (χ4n) is 2.99. The molecule has 0 spiro atoms. The number of hydrogen-bond donors (Lipinski definition) is 1. The van der Waals surface area contributed by atoms with E-state index in [1.165, 1.54) is 0 Å². The van der Waals surface area contributed by atoms with Crippen LogP contribution in [0.2, 0.25) is 0 Å². The number of nitrogens with zero attached hydrogens (tertiary/aromatic N) is 1. The van der Waals surface area contributed by atoms with Gasteiger partial charge in [0.2, 0.25) is 0 Å². The van der Waals surface area contributed by atoms with Gasteiger partial charge in [-0.1, -0.05) is 6.07 Å². The highest BCUT2D eigenvalue weighted by Crippen LogP contribution is 2.28. The molecule has 142 valence electrons. The van der Waals surface area contributed by atoms with Gasteiger partial charge >= 0.3 is 0 Å². The van der Waals surface area contributed by atoms with E-state index in [4.69, 9.17) is 18.9 Å². The maximum absolute atomic E-state index is 10.1. The lowest BCUT2D eigenvalue weighted by molar-refractivity contribution is -0.0238. The predicted molar refractivity (Wildman–Crippen MR) is 96.3 cm³/mol. The first-order valence-corrected chi connectivity index (χ1v) is 8.98. The summed E-state index contributed by atoms with van der Waals surface area (Å²) in [7, 11) is 3.62. The highest BCUT2D eigenvalue weighted by molar-refractivity contribution is 5.42. The second kappa shape index (κ2) is 10.6. The quantitative estimate of drug-likeness (QED) is 0.657. The van der Waals surface area contributed by atoms with Crippen molar-refractivity contribution in [2.24, 2.45) is 0 Å². The van der Waals surface area contributed by atoms with Crippen molar-refractivity contribution in [3.8, 4) is 11.5 Å². The summed E-state index contributed by atoms with van der Waals surface area (Å²) in [6, 6.07) is 5.92. The molecule has 25 heavy (non-hydrogen) atoms. The summed E-state index contributed by atoms with van der Waals surface area (Å²) in [6.45, 7) is 5.53. The third-order valence-corrected chi connectivity index (χ3v) is 4.14. The largest absolute Gasteiger partial charge is 0.493 e. The summed E-state index contributed by atoms with van der Waals surface area (Å²) in [5.74, 6) is 1.48. The number of aliphatic hydroxyl groups is 1. The molecule has 1 aliphatic rings. The molecule has 0 aliphatic carbocycles. The monoisotopic (exact) mass is 353 g/mol. The first kappa shape index (κ1) is 20.0. The lowest BCUT2D eigenvalue weighted by Crippen LogP contribution is -2.32. The minimum atomic E-state index is -0.518. The van der Waals surface area contributed by atoms with E-state index in [9.17, 15) is 5.11 Å². The predicted octanol–water partition coefficient (Wildman–Crippen LogP) is 2.08. The van der Waals surface area contributed by atoms with Crippen LogP contribution in [0.1, 0.15) is 25.3 Å². The average Bonchev–Trinajstić information content (AvgIpc) is 3.09. The Morgan fingerprint density at radius 1 is 1.36 bits per heavy atom. The molecule has 1 N–H and O–H groups in total. The average molecular weight is 353 g/mol. The molecular weight excluding hydrogens is 322 g/mol. The Labute approximate surface area is 150 Å². The molecule has 1 aromatic carbocycles. The zero-order valence-corrected chi connectivity index (χ0v) is 15.6. The van der Waals surface area contributed by atoms with E-state index in [-0.39, 0.29) is 6.10 Å². The number of aliphatic hydroxyl groups excluding tert-OH is 1. The van der Waals surface area contributed by atoms with Crippen LogP contribution in [-0.2, 0) is 16.0 Å². The minimum absolute atomic E-state index is 0.196. The number of likely N-dealkylation sites (N-methyl/N-ethyl adjacent to an activating group) is 1. The summed E-state index contributed by atoms with van der Waals surface area (Å²) in [5, 5.41) is 10.1. The lowest BCUT2D eigenvalue weighted by atomic mass is 10.2. The van der Waals surface area contributed by atoms with E-state index in [1.807, 2.05) is 32.2 Å². The Hall–Kier alpha value is -1.34. The van der Waals surface area contributed by atoms with Gasteiger partial charge in [-0.3, -0.25) is 4.90 Å². The van der Waals surface area contributed by atoms with Gasteiger partial charge in [0.25, 0.3) is 0 Å². The Kier molecular flexibility index (Phi) is 8.48. The zero-order chi connectivity index (χ0) is 18.1. The molecule has 1 heterocycles. The van der Waals surface area contributed by atoms with Gasteiger partial charge in [0.1, 0.15) is 0 Å². The molecule has 1 aliphatic heterocycles. The van der Waals surface area contributed by atoms with Crippen LogP contribution in [-0.4, -0.2) is 69.3 Å². The highest BCUT2D eigenvalue weighted by Gasteiger charge is 2.17. The van der Waals surface area contributed by atoms with Crippen molar-refractivity contribution in [1.82, 2.24) is 4.90 Å². The minimum Gasteiger partial charge on any atom is -0.493 e. The molecule has 0 aromatic heterocycles. The number of methoxy groups -OCH3 is 1. The molecule has 2 atom stereocenters. The first-order valence-electron chi connectivity index (χ1n) is 8.98. The normalized spacial score (nSPS) is 18.5. The first-order chi connectivity index (χ1) is 12.1. The molecular formula is C19H31NO5. The van der Waals surface area contributed by atoms with E-state index in [1.54, 1.807) is 7.11 Å². The molecule has 1 aromatic rings. The fraction of sp³-hybridized carbons (Fsp3) is 0.684. The maximum Gasteiger partial charge on any atom is 0.161 e. The van der Waals surface area contributed by atoms with Crippen molar-refractivity contribution in [3.05, 3.63) is 23.8 Å². The smallest absolute Gasteiger partial charge is 0.161 e. The van der Waals surface area contributed by atoms with Gasteiger partial charge in [-0.25, -0.2) is 0 Å². The van der Waals surface area contributed by atoms with Gasteiger partial charge < -0.3 is 24.1 Å². The number of hydrogen-bond acceptors (Lipinski definition) is 6. The molecule has 0 unspecified atom stereocenters. The molecule has 0 saturated carbocycles. The standard InChI is InChI=1S/C19H31NO5/c1-4-24-18-8-7-15(10-19(18)22-3)11-20(2)12-16(21)13-23-14-17-6-5-9-25-17/h7-8,10,16-17,21H,4-6,9,11-14H2,1-3H3/t16-,17+/m1/s1. The number of benzene rings is 1. The second-order valence-electron chi connectivity index (χ2n) is 6.44. The number of rotatable bonds is 11. The second-order valence-corrected chi connectivity index (χ2v) is 6.44. The topological polar surface area (TPSA) is 60.4 Å². The third kappa shape index (κ3) is 6.82. The summed E-state index contributed by atoms with van der Waals surface area (Å²) in [5.41, 5.74) is 1.11. The van der Waals surface area contributed by atoms with Gasteiger partial charge in [-0.2, -0.15) is 0 Å². The van der Waals surface area contributed by atoms with Crippen molar-refractivity contribution in [2.45, 2.75) is 38.5 Å². The van der Waals surface area contributed by atoms with Crippen molar-refractivity contribution < 1.29 is 24.1 Å². The van der Waals surface area contributed by atoms with Crippen molar-refractivity contribution >= 4 is 0 Å². The number of ether oxygens (including phenoxy) is 4. The van der Waals surface area contributed by atoms with Gasteiger partial charge in [0, 0.05) is 19.7 Å². The maximum atomic E-state index is 10.1. The molecule has 0 radical (unpaired) electrons. The summed E-state index contributed by atoms with van der Waals surface area (Å²) in [4.78, 5) is 2.06. The summed E-state index contributed by atoms with van der Waals surface area (Å²) >= 11 is 0. The molecule has 1 saturated heterocycles. The van der Waals surface area contributed by atoms with E-state index in [2.05, 4.69) is 4.90 Å². The lowest BCUT2D eigenvalue weighted by Gasteiger charge is -2.21. The van der Waals surface area contributed by atoms with Crippen LogP contribution in [0.25, 0.3) is 0 Å². The molecule has 0 bridgehead atoms. The molecule has 2 rings (SSSR count). The Bertz CT molecular complexity index is 505. The van der Waals surface area contributed by atoms with Crippen molar-refractivity contribution in [3.63, 3.8) is 0 Å². The highest BCUT2D eigenvalue weighted by atomic mass is 16.5. The van der Waals surface area contributed by atoms with E-state index >= 15 is 0 Å². The van der Waals surface area contributed by atoms with Crippen LogP contribution in [0.3, 0.4) is 0 Å². The molecule has 6 nitrogen and oxygen atoms in total. The van der Waals surface area contributed by atoms with Crippen LogP contribution in [0, 0.1) is 0 Å². The van der Waals surface area contributed by atoms with Crippen LogP contribution in [0.4, 0.5) is 0 Å². The van der Waals surface area contributed by atoms with Crippen LogP contribution in [0.15, 0.2) is 18.2 Å². The van der Waals surface area contributed by atoms with Gasteiger partial charge in [0.05, 0.1) is 39.1 Å². The summed E-state index contributed by atoms with van der Waals surface area (Å²) in [6.07, 6.45) is 1.83. The van der Waals surface area contributed by atoms with E-state index in [0.717, 1.165) is 36.5 Å². The van der Waals surface area contributed by atoms with Gasteiger partial charge in [0.15, 0.2) is 11.5 Å². The van der Waals surface area contributed by atoms with Crippen LogP contribution < -0.4 is 9.47 Å². The fourth-order valence-corrected chi connectivity index (χ4v) is 2.99. The summed E-state index contributed by atoms with van der Waals surface area (Å²) < 4.78 is 22.0. The van der Waals surface area contributed by atoms with Gasteiger partial charge in [-0.05, 0) is 44.5 Å². The molecule has 1 fully saturated rings. The molecule has 0 amide bonds. The van der Waals surface area contributed by atoms with Crippen molar-refractivity contribution in [1.29, 1.82) is 0 Å². The van der Waals surface area contributed by atoms with Crippen LogP contribution in [0.5, 0.6) is 11.5 Å². The Morgan fingerprint density at radius 2 is 2.20 bits per heavy atom. The van der Waals surface area contributed by atoms with E-state index < -0.39 is 6.10 Å². The SMILES string of the molecule is CCOc1ccc(CN(C)C[C@@H](O)COC[C@@H]2CCCO2)cc1OC.